The van der Waals surface area contributed by atoms with Gasteiger partial charge in [0.2, 0.25) is 5.91 Å². The van der Waals surface area contributed by atoms with Gasteiger partial charge < -0.3 is 9.88 Å². The van der Waals surface area contributed by atoms with E-state index < -0.39 is 0 Å². The minimum Gasteiger partial charge on any atom is -0.354 e. The van der Waals surface area contributed by atoms with Crippen molar-refractivity contribution in [1.29, 1.82) is 0 Å². The zero-order chi connectivity index (χ0) is 14.1. The van der Waals surface area contributed by atoms with Gasteiger partial charge in [0.1, 0.15) is 5.82 Å². The van der Waals surface area contributed by atoms with Crippen molar-refractivity contribution < 1.29 is 4.79 Å². The lowest BCUT2D eigenvalue weighted by Crippen LogP contribution is -2.28. The predicted molar refractivity (Wildman–Crippen MR) is 79.8 cm³/mol. The number of hydrogen-bond donors (Lipinski definition) is 1. The molecule has 1 heterocycles. The Hall–Kier alpha value is -1.55. The molecule has 0 aliphatic heterocycles. The van der Waals surface area contributed by atoms with E-state index in [4.69, 9.17) is 11.6 Å². The number of nitrogens with zero attached hydrogens (tertiary/aromatic N) is 2. The second kappa shape index (κ2) is 5.44. The maximum atomic E-state index is 11.7. The monoisotopic (exact) mass is 291 g/mol. The molecule has 1 saturated carbocycles. The minimum atomic E-state index is 0.179. The van der Waals surface area contributed by atoms with Crippen LogP contribution in [0.2, 0.25) is 0 Å². The Kier molecular flexibility index (Phi) is 3.66. The summed E-state index contributed by atoms with van der Waals surface area (Å²) < 4.78 is 2.12. The molecule has 1 N–H and O–H groups in total. The molecule has 5 heteroatoms. The summed E-state index contributed by atoms with van der Waals surface area (Å²) in [4.78, 5) is 16.2. The summed E-state index contributed by atoms with van der Waals surface area (Å²) in [5.74, 6) is 1.67. The molecule has 3 rings (SSSR count). The molecular weight excluding hydrogens is 274 g/mol. The molecule has 1 amide bonds. The molecule has 1 aromatic heterocycles. The van der Waals surface area contributed by atoms with Gasteiger partial charge in [0.05, 0.1) is 16.9 Å². The van der Waals surface area contributed by atoms with Crippen LogP contribution in [0, 0.1) is 12.8 Å². The first-order chi connectivity index (χ1) is 9.70. The Bertz CT molecular complexity index is 646. The lowest BCUT2D eigenvalue weighted by Gasteiger charge is -2.10. The Morgan fingerprint density at radius 1 is 1.50 bits per heavy atom. The van der Waals surface area contributed by atoms with Gasteiger partial charge in [0.15, 0.2) is 0 Å². The van der Waals surface area contributed by atoms with Crippen LogP contribution in [0.5, 0.6) is 0 Å². The van der Waals surface area contributed by atoms with Crippen molar-refractivity contribution in [2.24, 2.45) is 5.92 Å². The van der Waals surface area contributed by atoms with E-state index in [1.54, 1.807) is 0 Å². The van der Waals surface area contributed by atoms with Crippen LogP contribution in [0.4, 0.5) is 0 Å². The minimum absolute atomic E-state index is 0.179. The SMILES string of the molecule is Cc1cccc2nc(CCl)n(CCNC(=O)C3CC3)c12. The Morgan fingerprint density at radius 3 is 3.00 bits per heavy atom. The van der Waals surface area contributed by atoms with Crippen LogP contribution in [-0.2, 0) is 17.2 Å². The first kappa shape index (κ1) is 13.4. The van der Waals surface area contributed by atoms with Crippen LogP contribution in [-0.4, -0.2) is 22.0 Å². The van der Waals surface area contributed by atoms with Gasteiger partial charge in [0, 0.05) is 19.0 Å². The first-order valence-electron chi connectivity index (χ1n) is 6.99. The second-order valence-corrected chi connectivity index (χ2v) is 5.59. The molecule has 0 spiro atoms. The van der Waals surface area contributed by atoms with Crippen molar-refractivity contribution in [1.82, 2.24) is 14.9 Å². The topological polar surface area (TPSA) is 46.9 Å². The average molecular weight is 292 g/mol. The summed E-state index contributed by atoms with van der Waals surface area (Å²) in [6.45, 7) is 3.40. The molecule has 4 nitrogen and oxygen atoms in total. The fraction of sp³-hybridized carbons (Fsp3) is 0.467. The van der Waals surface area contributed by atoms with Crippen LogP contribution >= 0.6 is 11.6 Å². The second-order valence-electron chi connectivity index (χ2n) is 5.32. The highest BCUT2D eigenvalue weighted by molar-refractivity contribution is 6.16. The average Bonchev–Trinajstić information content (AvgIpc) is 3.22. The quantitative estimate of drug-likeness (QED) is 0.861. The van der Waals surface area contributed by atoms with E-state index in [-0.39, 0.29) is 11.8 Å². The van der Waals surface area contributed by atoms with Crippen molar-refractivity contribution in [3.8, 4) is 0 Å². The molecule has 0 unspecified atom stereocenters. The molecular formula is C15H18ClN3O. The number of rotatable bonds is 5. The zero-order valence-corrected chi connectivity index (χ0v) is 12.3. The highest BCUT2D eigenvalue weighted by Gasteiger charge is 2.29. The van der Waals surface area contributed by atoms with E-state index in [1.165, 1.54) is 5.56 Å². The molecule has 0 radical (unpaired) electrons. The van der Waals surface area contributed by atoms with Crippen molar-refractivity contribution in [3.63, 3.8) is 0 Å². The highest BCUT2D eigenvalue weighted by Crippen LogP contribution is 2.28. The summed E-state index contributed by atoms with van der Waals surface area (Å²) in [7, 11) is 0. The van der Waals surface area contributed by atoms with Gasteiger partial charge in [-0.25, -0.2) is 4.98 Å². The third kappa shape index (κ3) is 2.52. The summed E-state index contributed by atoms with van der Waals surface area (Å²) in [6.07, 6.45) is 2.07. The third-order valence-corrected chi connectivity index (χ3v) is 3.99. The van der Waals surface area contributed by atoms with Gasteiger partial charge in [-0.15, -0.1) is 11.6 Å². The molecule has 0 bridgehead atoms. The number of carbonyl (C=O) groups excluding carboxylic acids is 1. The molecule has 1 aromatic carbocycles. The van der Waals surface area contributed by atoms with Gasteiger partial charge in [-0.05, 0) is 31.4 Å². The Labute approximate surface area is 123 Å². The lowest BCUT2D eigenvalue weighted by atomic mass is 10.2. The van der Waals surface area contributed by atoms with Gasteiger partial charge in [-0.1, -0.05) is 12.1 Å². The normalized spacial score (nSPS) is 14.7. The lowest BCUT2D eigenvalue weighted by molar-refractivity contribution is -0.122. The fourth-order valence-corrected chi connectivity index (χ4v) is 2.74. The number of alkyl halides is 1. The number of imidazole rings is 1. The Morgan fingerprint density at radius 2 is 2.30 bits per heavy atom. The summed E-state index contributed by atoms with van der Waals surface area (Å²) in [5, 5.41) is 2.99. The smallest absolute Gasteiger partial charge is 0.223 e. The van der Waals surface area contributed by atoms with Crippen molar-refractivity contribution >= 4 is 28.5 Å². The summed E-state index contributed by atoms with van der Waals surface area (Å²) >= 11 is 5.99. The molecule has 20 heavy (non-hydrogen) atoms. The van der Waals surface area contributed by atoms with E-state index in [0.717, 1.165) is 29.7 Å². The van der Waals surface area contributed by atoms with E-state index >= 15 is 0 Å². The van der Waals surface area contributed by atoms with E-state index in [2.05, 4.69) is 27.9 Å². The number of aryl methyl sites for hydroxylation is 1. The van der Waals surface area contributed by atoms with Crippen LogP contribution in [0.3, 0.4) is 0 Å². The maximum Gasteiger partial charge on any atom is 0.223 e. The van der Waals surface area contributed by atoms with Crippen molar-refractivity contribution in [2.75, 3.05) is 6.54 Å². The van der Waals surface area contributed by atoms with Crippen molar-refractivity contribution in [3.05, 3.63) is 29.6 Å². The highest BCUT2D eigenvalue weighted by atomic mass is 35.5. The third-order valence-electron chi connectivity index (χ3n) is 3.75. The number of benzene rings is 1. The number of nitrogens with one attached hydrogen (secondary N) is 1. The number of para-hydroxylation sites is 1. The standard InChI is InChI=1S/C15H18ClN3O/c1-10-3-2-4-12-14(10)19(13(9-16)18-12)8-7-17-15(20)11-5-6-11/h2-4,11H,5-9H2,1H3,(H,17,20). The molecule has 2 aromatic rings. The van der Waals surface area contributed by atoms with Gasteiger partial charge >= 0.3 is 0 Å². The molecule has 1 fully saturated rings. The number of hydrogen-bond acceptors (Lipinski definition) is 2. The number of amides is 1. The number of halogens is 1. The molecule has 0 saturated heterocycles. The number of carbonyl (C=O) groups is 1. The molecule has 1 aliphatic rings. The zero-order valence-electron chi connectivity index (χ0n) is 11.5. The summed E-state index contributed by atoms with van der Waals surface area (Å²) in [6, 6.07) is 6.07. The summed E-state index contributed by atoms with van der Waals surface area (Å²) in [5.41, 5.74) is 3.26. The van der Waals surface area contributed by atoms with Crippen LogP contribution in [0.1, 0.15) is 24.2 Å². The van der Waals surface area contributed by atoms with E-state index in [9.17, 15) is 4.79 Å². The Balaban J connectivity index is 1.79. The van der Waals surface area contributed by atoms with Crippen LogP contribution < -0.4 is 5.32 Å². The van der Waals surface area contributed by atoms with Crippen LogP contribution in [0.25, 0.3) is 11.0 Å². The van der Waals surface area contributed by atoms with Gasteiger partial charge in [0.25, 0.3) is 0 Å². The molecule has 1 aliphatic carbocycles. The molecule has 106 valence electrons. The largest absolute Gasteiger partial charge is 0.354 e. The fourth-order valence-electron chi connectivity index (χ4n) is 2.54. The molecule has 0 atom stereocenters. The van der Waals surface area contributed by atoms with Gasteiger partial charge in [-0.2, -0.15) is 0 Å². The predicted octanol–water partition coefficient (Wildman–Crippen LogP) is 2.61. The number of aromatic nitrogens is 2. The maximum absolute atomic E-state index is 11.7. The van der Waals surface area contributed by atoms with E-state index in [0.29, 0.717) is 19.0 Å². The number of fused-ring (bicyclic) bond motifs is 1. The van der Waals surface area contributed by atoms with Gasteiger partial charge in [-0.3, -0.25) is 4.79 Å². The first-order valence-corrected chi connectivity index (χ1v) is 7.52. The van der Waals surface area contributed by atoms with Crippen LogP contribution in [0.15, 0.2) is 18.2 Å². The van der Waals surface area contributed by atoms with Crippen molar-refractivity contribution in [2.45, 2.75) is 32.2 Å². The van der Waals surface area contributed by atoms with E-state index in [1.807, 2.05) is 12.1 Å².